The van der Waals surface area contributed by atoms with Crippen LogP contribution in [0.1, 0.15) is 18.4 Å². The first-order valence-electron chi connectivity index (χ1n) is 7.36. The number of carbonyl (C=O) groups is 2. The van der Waals surface area contributed by atoms with E-state index < -0.39 is 17.4 Å². The molecule has 0 spiro atoms. The van der Waals surface area contributed by atoms with E-state index in [9.17, 15) is 14.7 Å². The predicted molar refractivity (Wildman–Crippen MR) is 84.6 cm³/mol. The van der Waals surface area contributed by atoms with Gasteiger partial charge in [-0.15, -0.1) is 0 Å². The van der Waals surface area contributed by atoms with Crippen molar-refractivity contribution >= 4 is 23.5 Å². The number of carboxylic acids is 1. The first-order chi connectivity index (χ1) is 11.0. The first-order valence-corrected chi connectivity index (χ1v) is 7.74. The van der Waals surface area contributed by atoms with Crippen molar-refractivity contribution in [3.63, 3.8) is 0 Å². The smallest absolute Gasteiger partial charge is 0.328 e. The molecule has 0 aromatic heterocycles. The van der Waals surface area contributed by atoms with Crippen LogP contribution in [0, 0.1) is 0 Å². The highest BCUT2D eigenvalue weighted by molar-refractivity contribution is 6.30. The third-order valence-electron chi connectivity index (χ3n) is 4.09. The van der Waals surface area contributed by atoms with Crippen LogP contribution in [0.25, 0.3) is 0 Å². The zero-order valence-electron chi connectivity index (χ0n) is 12.9. The Morgan fingerprint density at radius 1 is 1.43 bits per heavy atom. The van der Waals surface area contributed by atoms with Crippen molar-refractivity contribution in [1.82, 2.24) is 5.32 Å². The molecule has 1 atom stereocenters. The summed E-state index contributed by atoms with van der Waals surface area (Å²) in [6.45, 7) is 0.771. The van der Waals surface area contributed by atoms with Crippen molar-refractivity contribution in [2.45, 2.75) is 24.3 Å². The van der Waals surface area contributed by atoms with Gasteiger partial charge in [-0.2, -0.15) is 0 Å². The fourth-order valence-corrected chi connectivity index (χ4v) is 2.98. The molecule has 0 saturated carbocycles. The second-order valence-electron chi connectivity index (χ2n) is 5.52. The zero-order chi connectivity index (χ0) is 16.9. The molecule has 2 N–H and O–H groups in total. The molecule has 126 valence electrons. The molecule has 1 unspecified atom stereocenters. The molecule has 0 radical (unpaired) electrons. The van der Waals surface area contributed by atoms with E-state index >= 15 is 0 Å². The van der Waals surface area contributed by atoms with Gasteiger partial charge in [0.15, 0.2) is 6.04 Å². The van der Waals surface area contributed by atoms with E-state index in [1.54, 1.807) is 18.2 Å². The van der Waals surface area contributed by atoms with Gasteiger partial charge in [0.05, 0.1) is 12.0 Å². The third kappa shape index (κ3) is 4.02. The lowest BCUT2D eigenvalue weighted by Gasteiger charge is -2.37. The number of methoxy groups -OCH3 is 1. The maximum atomic E-state index is 12.9. The van der Waals surface area contributed by atoms with Crippen LogP contribution in [-0.4, -0.2) is 50.0 Å². The maximum absolute atomic E-state index is 12.9. The molecule has 1 fully saturated rings. The van der Waals surface area contributed by atoms with Crippen molar-refractivity contribution in [2.75, 3.05) is 26.9 Å². The van der Waals surface area contributed by atoms with Gasteiger partial charge in [0.25, 0.3) is 0 Å². The molecule has 7 heteroatoms. The summed E-state index contributed by atoms with van der Waals surface area (Å²) in [4.78, 5) is 24.2. The number of carboxylic acid groups (broad SMARTS) is 1. The number of hydrogen-bond donors (Lipinski definition) is 2. The lowest BCUT2D eigenvalue weighted by Crippen LogP contribution is -2.54. The van der Waals surface area contributed by atoms with Crippen LogP contribution in [0.2, 0.25) is 5.02 Å². The van der Waals surface area contributed by atoms with E-state index in [1.807, 2.05) is 6.07 Å². The van der Waals surface area contributed by atoms with Crippen molar-refractivity contribution in [3.8, 4) is 0 Å². The number of carbonyl (C=O) groups excluding carboxylic acids is 1. The molecule has 1 amide bonds. The molecule has 2 rings (SSSR count). The van der Waals surface area contributed by atoms with Gasteiger partial charge in [-0.25, -0.2) is 4.79 Å². The van der Waals surface area contributed by atoms with Crippen LogP contribution in [0.3, 0.4) is 0 Å². The van der Waals surface area contributed by atoms with E-state index in [1.165, 1.54) is 7.11 Å². The van der Waals surface area contributed by atoms with E-state index in [0.29, 0.717) is 31.1 Å². The van der Waals surface area contributed by atoms with Crippen LogP contribution >= 0.6 is 11.6 Å². The van der Waals surface area contributed by atoms with Crippen LogP contribution < -0.4 is 5.32 Å². The highest BCUT2D eigenvalue weighted by Gasteiger charge is 2.43. The number of halogens is 1. The maximum Gasteiger partial charge on any atom is 0.328 e. The number of aliphatic carboxylic acids is 1. The van der Waals surface area contributed by atoms with Crippen molar-refractivity contribution < 1.29 is 24.2 Å². The average Bonchev–Trinajstić information content (AvgIpc) is 2.54. The lowest BCUT2D eigenvalue weighted by atomic mass is 9.73. The SMILES string of the molecule is COCC(NC(=O)C1(c2cccc(Cl)c2)CCOCC1)C(=O)O. The van der Waals surface area contributed by atoms with Gasteiger partial charge in [0.1, 0.15) is 0 Å². The summed E-state index contributed by atoms with van der Waals surface area (Å²) in [5.41, 5.74) is -0.0720. The van der Waals surface area contributed by atoms with Crippen LogP contribution in [0.15, 0.2) is 24.3 Å². The van der Waals surface area contributed by atoms with Crippen molar-refractivity contribution in [2.24, 2.45) is 0 Å². The summed E-state index contributed by atoms with van der Waals surface area (Å²) in [5, 5.41) is 12.3. The standard InChI is InChI=1S/C16H20ClNO5/c1-22-10-13(14(19)20)18-15(21)16(5-7-23-8-6-16)11-3-2-4-12(17)9-11/h2-4,9,13H,5-8,10H2,1H3,(H,18,21)(H,19,20). The number of hydrogen-bond acceptors (Lipinski definition) is 4. The molecule has 1 heterocycles. The fourth-order valence-electron chi connectivity index (χ4n) is 2.79. The summed E-state index contributed by atoms with van der Waals surface area (Å²) in [6, 6.07) is 6.01. The third-order valence-corrected chi connectivity index (χ3v) is 4.33. The molecule has 1 aromatic rings. The second kappa shape index (κ2) is 7.77. The van der Waals surface area contributed by atoms with Gasteiger partial charge >= 0.3 is 5.97 Å². The van der Waals surface area contributed by atoms with Gasteiger partial charge in [0.2, 0.25) is 5.91 Å². The number of benzene rings is 1. The minimum absolute atomic E-state index is 0.0940. The van der Waals surface area contributed by atoms with E-state index in [2.05, 4.69) is 5.32 Å². The number of nitrogens with one attached hydrogen (secondary N) is 1. The van der Waals surface area contributed by atoms with Crippen molar-refractivity contribution in [1.29, 1.82) is 0 Å². The zero-order valence-corrected chi connectivity index (χ0v) is 13.6. The number of ether oxygens (including phenoxy) is 2. The number of rotatable bonds is 6. The Morgan fingerprint density at radius 3 is 2.70 bits per heavy atom. The Hall–Kier alpha value is -1.63. The van der Waals surface area contributed by atoms with Gasteiger partial charge < -0.3 is 19.9 Å². The van der Waals surface area contributed by atoms with E-state index in [-0.39, 0.29) is 12.5 Å². The topological polar surface area (TPSA) is 84.9 Å². The molecule has 0 bridgehead atoms. The summed E-state index contributed by atoms with van der Waals surface area (Å²) in [6.07, 6.45) is 0.941. The highest BCUT2D eigenvalue weighted by Crippen LogP contribution is 2.36. The Labute approximate surface area is 139 Å². The van der Waals surface area contributed by atoms with Crippen molar-refractivity contribution in [3.05, 3.63) is 34.9 Å². The highest BCUT2D eigenvalue weighted by atomic mass is 35.5. The van der Waals surface area contributed by atoms with E-state index in [0.717, 1.165) is 5.56 Å². The van der Waals surface area contributed by atoms with Gasteiger partial charge in [-0.05, 0) is 30.5 Å². The monoisotopic (exact) mass is 341 g/mol. The normalized spacial score (nSPS) is 18.2. The van der Waals surface area contributed by atoms with Crippen LogP contribution in [0.5, 0.6) is 0 Å². The summed E-state index contributed by atoms with van der Waals surface area (Å²) in [5.74, 6) is -1.47. The second-order valence-corrected chi connectivity index (χ2v) is 5.96. The minimum atomic E-state index is -1.13. The Balaban J connectivity index is 2.30. The lowest BCUT2D eigenvalue weighted by molar-refractivity contribution is -0.145. The Bertz CT molecular complexity index is 571. The Kier molecular flexibility index (Phi) is 5.98. The average molecular weight is 342 g/mol. The van der Waals surface area contributed by atoms with Gasteiger partial charge in [-0.3, -0.25) is 4.79 Å². The molecule has 23 heavy (non-hydrogen) atoms. The Morgan fingerprint density at radius 2 is 2.13 bits per heavy atom. The molecule has 0 aliphatic carbocycles. The minimum Gasteiger partial charge on any atom is -0.480 e. The molecule has 1 saturated heterocycles. The van der Waals surface area contributed by atoms with Gasteiger partial charge in [-0.1, -0.05) is 23.7 Å². The van der Waals surface area contributed by atoms with E-state index in [4.69, 9.17) is 21.1 Å². The molecule has 6 nitrogen and oxygen atoms in total. The fraction of sp³-hybridized carbons (Fsp3) is 0.500. The predicted octanol–water partition coefficient (Wildman–Crippen LogP) is 1.60. The van der Waals surface area contributed by atoms with Gasteiger partial charge in [0, 0.05) is 25.3 Å². The molecule has 1 aliphatic rings. The summed E-state index contributed by atoms with van der Waals surface area (Å²) in [7, 11) is 1.39. The molecular weight excluding hydrogens is 322 g/mol. The summed E-state index contributed by atoms with van der Waals surface area (Å²) >= 11 is 6.06. The number of amides is 1. The molecular formula is C16H20ClNO5. The summed E-state index contributed by atoms with van der Waals surface area (Å²) < 4.78 is 10.2. The first kappa shape index (κ1) is 17.7. The quantitative estimate of drug-likeness (QED) is 0.821. The molecule has 1 aliphatic heterocycles. The van der Waals surface area contributed by atoms with Crippen LogP contribution in [0.4, 0.5) is 0 Å². The largest absolute Gasteiger partial charge is 0.480 e. The molecule has 1 aromatic carbocycles. The van der Waals surface area contributed by atoms with Crippen LogP contribution in [-0.2, 0) is 24.5 Å².